The minimum Gasteiger partial charge on any atom is -0.310 e. The lowest BCUT2D eigenvalue weighted by molar-refractivity contribution is 0.535. The second-order valence-corrected chi connectivity index (χ2v) is 5.32. The van der Waals surface area contributed by atoms with Gasteiger partial charge >= 0.3 is 0 Å². The van der Waals surface area contributed by atoms with Crippen LogP contribution in [0.3, 0.4) is 0 Å². The van der Waals surface area contributed by atoms with E-state index < -0.39 is 0 Å². The van der Waals surface area contributed by atoms with E-state index in [2.05, 4.69) is 33.3 Å². The summed E-state index contributed by atoms with van der Waals surface area (Å²) >= 11 is 3.43. The second-order valence-electron chi connectivity index (χ2n) is 4.46. The Bertz CT molecular complexity index is 553. The first-order chi connectivity index (χ1) is 9.10. The van der Waals surface area contributed by atoms with Crippen LogP contribution < -0.4 is 5.32 Å². The molecule has 1 N–H and O–H groups in total. The van der Waals surface area contributed by atoms with Crippen molar-refractivity contribution in [3.05, 3.63) is 52.0 Å². The molecule has 3 nitrogen and oxygen atoms in total. The molecule has 1 atom stereocenters. The maximum Gasteiger partial charge on any atom is 0.124 e. The van der Waals surface area contributed by atoms with Gasteiger partial charge in [0.25, 0.3) is 0 Å². The molecule has 0 bridgehead atoms. The zero-order valence-corrected chi connectivity index (χ0v) is 12.6. The monoisotopic (exact) mass is 325 g/mol. The van der Waals surface area contributed by atoms with E-state index in [0.29, 0.717) is 0 Å². The van der Waals surface area contributed by atoms with Gasteiger partial charge in [0.1, 0.15) is 5.82 Å². The number of rotatable bonds is 5. The number of benzene rings is 1. The molecule has 0 spiro atoms. The van der Waals surface area contributed by atoms with Crippen LogP contribution in [-0.4, -0.2) is 16.3 Å². The number of nitrogens with zero attached hydrogens (tertiary/aromatic N) is 2. The van der Waals surface area contributed by atoms with E-state index in [1.807, 2.05) is 25.4 Å². The van der Waals surface area contributed by atoms with Crippen molar-refractivity contribution >= 4 is 15.9 Å². The van der Waals surface area contributed by atoms with Crippen LogP contribution in [0.25, 0.3) is 0 Å². The van der Waals surface area contributed by atoms with E-state index in [4.69, 9.17) is 0 Å². The first-order valence-corrected chi connectivity index (χ1v) is 7.06. The van der Waals surface area contributed by atoms with E-state index in [1.54, 1.807) is 4.68 Å². The summed E-state index contributed by atoms with van der Waals surface area (Å²) < 4.78 is 15.7. The summed E-state index contributed by atoms with van der Waals surface area (Å²) in [6.45, 7) is 2.91. The van der Waals surface area contributed by atoms with Gasteiger partial charge in [0.2, 0.25) is 0 Å². The lowest BCUT2D eigenvalue weighted by Crippen LogP contribution is -2.23. The van der Waals surface area contributed by atoms with Crippen LogP contribution in [-0.2, 0) is 13.5 Å². The Balaban J connectivity index is 2.23. The Morgan fingerprint density at radius 2 is 2.21 bits per heavy atom. The van der Waals surface area contributed by atoms with Gasteiger partial charge in [-0.15, -0.1) is 0 Å². The van der Waals surface area contributed by atoms with Gasteiger partial charge in [0.05, 0.1) is 5.69 Å². The number of nitrogens with one attached hydrogen (secondary N) is 1. The van der Waals surface area contributed by atoms with Gasteiger partial charge in [0.15, 0.2) is 0 Å². The largest absolute Gasteiger partial charge is 0.310 e. The van der Waals surface area contributed by atoms with Crippen LogP contribution in [0.1, 0.15) is 24.2 Å². The molecule has 0 aliphatic rings. The van der Waals surface area contributed by atoms with Gasteiger partial charge < -0.3 is 5.32 Å². The topological polar surface area (TPSA) is 29.9 Å². The highest BCUT2D eigenvalue weighted by molar-refractivity contribution is 9.10. The summed E-state index contributed by atoms with van der Waals surface area (Å²) in [6, 6.07) is 6.92. The quantitative estimate of drug-likeness (QED) is 0.914. The average molecular weight is 326 g/mol. The molecule has 2 rings (SSSR count). The van der Waals surface area contributed by atoms with Crippen molar-refractivity contribution in [3.63, 3.8) is 0 Å². The number of hydrogen-bond donors (Lipinski definition) is 1. The Morgan fingerprint density at radius 3 is 2.79 bits per heavy atom. The highest BCUT2D eigenvalue weighted by Crippen LogP contribution is 2.26. The molecule has 102 valence electrons. The lowest BCUT2D eigenvalue weighted by atomic mass is 10.0. The molecule has 5 heteroatoms. The van der Waals surface area contributed by atoms with Gasteiger partial charge in [-0.2, -0.15) is 5.10 Å². The SMILES string of the molecule is CCNC(Cc1ccn(C)n1)c1ccc(F)cc1Br. The molecule has 1 heterocycles. The standard InChI is InChI=1S/C14H17BrFN3/c1-3-17-14(9-11-6-7-19(2)18-11)12-5-4-10(16)8-13(12)15/h4-8,14,17H,3,9H2,1-2H3. The number of aryl methyl sites for hydroxylation is 1. The molecule has 1 aromatic carbocycles. The molecule has 0 aliphatic carbocycles. The molecule has 0 aliphatic heterocycles. The molecule has 0 fully saturated rings. The van der Waals surface area contributed by atoms with Crippen LogP contribution in [0.4, 0.5) is 4.39 Å². The summed E-state index contributed by atoms with van der Waals surface area (Å²) in [5.74, 6) is -0.233. The van der Waals surface area contributed by atoms with E-state index in [1.165, 1.54) is 12.1 Å². The average Bonchev–Trinajstić information content (AvgIpc) is 2.74. The normalized spacial score (nSPS) is 12.6. The first kappa shape index (κ1) is 14.2. The number of halogens is 2. The molecule has 1 aromatic heterocycles. The fraction of sp³-hybridized carbons (Fsp3) is 0.357. The maximum atomic E-state index is 13.2. The van der Waals surface area contributed by atoms with Gasteiger partial charge in [0, 0.05) is 30.2 Å². The van der Waals surface area contributed by atoms with Gasteiger partial charge in [-0.05, 0) is 30.3 Å². The van der Waals surface area contributed by atoms with Crippen LogP contribution in [0, 0.1) is 5.82 Å². The van der Waals surface area contributed by atoms with E-state index >= 15 is 0 Å². The van der Waals surface area contributed by atoms with Gasteiger partial charge in [-0.25, -0.2) is 4.39 Å². The van der Waals surface area contributed by atoms with Crippen molar-refractivity contribution in [3.8, 4) is 0 Å². The van der Waals surface area contributed by atoms with E-state index in [-0.39, 0.29) is 11.9 Å². The van der Waals surface area contributed by atoms with Crippen molar-refractivity contribution in [2.45, 2.75) is 19.4 Å². The predicted octanol–water partition coefficient (Wildman–Crippen LogP) is 3.22. The number of likely N-dealkylation sites (N-methyl/N-ethyl adjacent to an activating group) is 1. The third-order valence-corrected chi connectivity index (χ3v) is 3.66. The minimum absolute atomic E-state index is 0.120. The summed E-state index contributed by atoms with van der Waals surface area (Å²) in [4.78, 5) is 0. The van der Waals surface area contributed by atoms with Crippen LogP contribution >= 0.6 is 15.9 Å². The van der Waals surface area contributed by atoms with Crippen LogP contribution in [0.15, 0.2) is 34.9 Å². The minimum atomic E-state index is -0.233. The van der Waals surface area contributed by atoms with Crippen LogP contribution in [0.2, 0.25) is 0 Å². The highest BCUT2D eigenvalue weighted by Gasteiger charge is 2.16. The Hall–Kier alpha value is -1.20. The van der Waals surface area contributed by atoms with Crippen molar-refractivity contribution in [2.24, 2.45) is 7.05 Å². The number of aromatic nitrogens is 2. The smallest absolute Gasteiger partial charge is 0.124 e. The molecule has 0 amide bonds. The molecule has 2 aromatic rings. The summed E-state index contributed by atoms with van der Waals surface area (Å²) in [6.07, 6.45) is 2.71. The van der Waals surface area contributed by atoms with Crippen molar-refractivity contribution < 1.29 is 4.39 Å². The van der Waals surface area contributed by atoms with Crippen molar-refractivity contribution in [1.82, 2.24) is 15.1 Å². The Labute approximate surface area is 121 Å². The molecular formula is C14H17BrFN3. The molecule has 1 unspecified atom stereocenters. The number of hydrogen-bond acceptors (Lipinski definition) is 2. The molecule has 0 saturated carbocycles. The van der Waals surface area contributed by atoms with E-state index in [9.17, 15) is 4.39 Å². The Kier molecular flexibility index (Phi) is 4.71. The summed E-state index contributed by atoms with van der Waals surface area (Å²) in [5, 5.41) is 7.81. The molecule has 0 radical (unpaired) electrons. The molecular weight excluding hydrogens is 309 g/mol. The first-order valence-electron chi connectivity index (χ1n) is 6.27. The van der Waals surface area contributed by atoms with E-state index in [0.717, 1.165) is 28.7 Å². The van der Waals surface area contributed by atoms with Crippen LogP contribution in [0.5, 0.6) is 0 Å². The molecule has 0 saturated heterocycles. The van der Waals surface area contributed by atoms with Gasteiger partial charge in [-0.3, -0.25) is 4.68 Å². The second kappa shape index (κ2) is 6.30. The van der Waals surface area contributed by atoms with Crippen molar-refractivity contribution in [1.29, 1.82) is 0 Å². The lowest BCUT2D eigenvalue weighted by Gasteiger charge is -2.19. The Morgan fingerprint density at radius 1 is 1.42 bits per heavy atom. The molecule has 19 heavy (non-hydrogen) atoms. The zero-order chi connectivity index (χ0) is 13.8. The summed E-state index contributed by atoms with van der Waals surface area (Å²) in [5.41, 5.74) is 2.07. The maximum absolute atomic E-state index is 13.2. The third-order valence-electron chi connectivity index (χ3n) is 2.97. The summed E-state index contributed by atoms with van der Waals surface area (Å²) in [7, 11) is 1.90. The predicted molar refractivity (Wildman–Crippen MR) is 77.4 cm³/mol. The highest BCUT2D eigenvalue weighted by atomic mass is 79.9. The van der Waals surface area contributed by atoms with Gasteiger partial charge in [-0.1, -0.05) is 28.9 Å². The zero-order valence-electron chi connectivity index (χ0n) is 11.0. The third kappa shape index (κ3) is 3.64. The van der Waals surface area contributed by atoms with Crippen molar-refractivity contribution in [2.75, 3.05) is 6.54 Å². The fourth-order valence-corrected chi connectivity index (χ4v) is 2.73. The fourth-order valence-electron chi connectivity index (χ4n) is 2.10.